The summed E-state index contributed by atoms with van der Waals surface area (Å²) in [5, 5.41) is 3.30. The predicted molar refractivity (Wildman–Crippen MR) is 91.1 cm³/mol. The van der Waals surface area contributed by atoms with Gasteiger partial charge in [-0.05, 0) is 37.8 Å². The molecule has 0 aromatic heterocycles. The van der Waals surface area contributed by atoms with Crippen LogP contribution in [0.15, 0.2) is 30.3 Å². The van der Waals surface area contributed by atoms with Crippen LogP contribution in [0, 0.1) is 0 Å². The molecule has 126 valence electrons. The number of likely N-dealkylation sites (tertiary alicyclic amines) is 1. The zero-order valence-electron chi connectivity index (χ0n) is 14.1. The van der Waals surface area contributed by atoms with Gasteiger partial charge in [-0.1, -0.05) is 37.3 Å². The summed E-state index contributed by atoms with van der Waals surface area (Å²) in [7, 11) is 0. The molecule has 1 N–H and O–H groups in total. The van der Waals surface area contributed by atoms with E-state index >= 15 is 0 Å². The van der Waals surface area contributed by atoms with Crippen LogP contribution in [0.25, 0.3) is 0 Å². The molecule has 1 spiro atoms. The van der Waals surface area contributed by atoms with Crippen molar-refractivity contribution in [2.45, 2.75) is 57.2 Å². The van der Waals surface area contributed by atoms with Gasteiger partial charge >= 0.3 is 0 Å². The van der Waals surface area contributed by atoms with Crippen LogP contribution in [-0.2, 0) is 16.1 Å². The van der Waals surface area contributed by atoms with E-state index in [9.17, 15) is 4.79 Å². The lowest BCUT2D eigenvalue weighted by atomic mass is 9.78. The third-order valence-electron chi connectivity index (χ3n) is 5.35. The molecule has 0 bridgehead atoms. The maximum Gasteiger partial charge on any atom is 0.220 e. The van der Waals surface area contributed by atoms with Crippen molar-refractivity contribution >= 4 is 5.91 Å². The molecular formula is C19H28N2O2. The number of ether oxygens (including phenoxy) is 1. The fourth-order valence-corrected chi connectivity index (χ4v) is 4.31. The van der Waals surface area contributed by atoms with E-state index in [2.05, 4.69) is 29.3 Å². The molecule has 2 aliphatic heterocycles. The largest absolute Gasteiger partial charge is 0.375 e. The van der Waals surface area contributed by atoms with E-state index in [-0.39, 0.29) is 11.4 Å². The molecular weight excluding hydrogens is 288 g/mol. The van der Waals surface area contributed by atoms with Crippen LogP contribution in [0.2, 0.25) is 0 Å². The van der Waals surface area contributed by atoms with Gasteiger partial charge in [0.2, 0.25) is 5.91 Å². The molecule has 0 radical (unpaired) electrons. The van der Waals surface area contributed by atoms with E-state index in [1.54, 1.807) is 0 Å². The number of benzene rings is 1. The van der Waals surface area contributed by atoms with Crippen molar-refractivity contribution in [2.75, 3.05) is 19.7 Å². The molecule has 2 fully saturated rings. The maximum absolute atomic E-state index is 11.7. The minimum absolute atomic E-state index is 0.0174. The number of nitrogens with one attached hydrogen (secondary N) is 1. The van der Waals surface area contributed by atoms with Gasteiger partial charge in [-0.25, -0.2) is 0 Å². The molecule has 4 heteroatoms. The van der Waals surface area contributed by atoms with Crippen LogP contribution in [-0.4, -0.2) is 42.1 Å². The Balaban J connectivity index is 1.51. The molecule has 0 aliphatic carbocycles. The molecule has 3 rings (SSSR count). The number of piperidine rings is 1. The summed E-state index contributed by atoms with van der Waals surface area (Å²) >= 11 is 0. The monoisotopic (exact) mass is 316 g/mol. The van der Waals surface area contributed by atoms with Crippen LogP contribution in [0.4, 0.5) is 0 Å². The molecule has 23 heavy (non-hydrogen) atoms. The maximum atomic E-state index is 11.7. The van der Waals surface area contributed by atoms with Crippen molar-refractivity contribution in [1.82, 2.24) is 10.2 Å². The number of rotatable bonds is 6. The van der Waals surface area contributed by atoms with E-state index in [0.717, 1.165) is 45.4 Å². The highest BCUT2D eigenvalue weighted by Crippen LogP contribution is 2.36. The standard InChI is InChI=1S/C19H28N2O2/c1-2-17-19(11-9-18(22)20-19)10-6-12-21(17)13-14-23-15-16-7-4-3-5-8-16/h3-5,7-8,17H,2,6,9-15H2,1H3,(H,20,22)/t17-,19+/m1/s1. The minimum Gasteiger partial charge on any atom is -0.375 e. The highest BCUT2D eigenvalue weighted by atomic mass is 16.5. The molecule has 2 saturated heterocycles. The van der Waals surface area contributed by atoms with Crippen molar-refractivity contribution in [1.29, 1.82) is 0 Å². The van der Waals surface area contributed by atoms with Gasteiger partial charge in [-0.3, -0.25) is 9.69 Å². The Hall–Kier alpha value is -1.39. The Morgan fingerprint density at radius 2 is 2.13 bits per heavy atom. The van der Waals surface area contributed by atoms with Gasteiger partial charge in [0.1, 0.15) is 0 Å². The lowest BCUT2D eigenvalue weighted by molar-refractivity contribution is -0.120. The highest BCUT2D eigenvalue weighted by Gasteiger charge is 2.47. The van der Waals surface area contributed by atoms with E-state index in [0.29, 0.717) is 19.1 Å². The van der Waals surface area contributed by atoms with Crippen LogP contribution < -0.4 is 5.32 Å². The summed E-state index contributed by atoms with van der Waals surface area (Å²) in [6, 6.07) is 10.8. The fourth-order valence-electron chi connectivity index (χ4n) is 4.31. The summed E-state index contributed by atoms with van der Waals surface area (Å²) in [6.45, 7) is 5.72. The van der Waals surface area contributed by atoms with Gasteiger partial charge in [-0.2, -0.15) is 0 Å². The summed E-state index contributed by atoms with van der Waals surface area (Å²) < 4.78 is 5.86. The molecule has 1 amide bonds. The normalized spacial score (nSPS) is 28.2. The van der Waals surface area contributed by atoms with Gasteiger partial charge in [0.05, 0.1) is 18.8 Å². The summed E-state index contributed by atoms with van der Waals surface area (Å²) in [5.41, 5.74) is 1.24. The zero-order valence-corrected chi connectivity index (χ0v) is 14.1. The smallest absolute Gasteiger partial charge is 0.220 e. The van der Waals surface area contributed by atoms with Crippen molar-refractivity contribution in [2.24, 2.45) is 0 Å². The number of carbonyl (C=O) groups excluding carboxylic acids is 1. The minimum atomic E-state index is 0.0174. The van der Waals surface area contributed by atoms with Gasteiger partial charge in [0.15, 0.2) is 0 Å². The molecule has 2 aliphatic rings. The van der Waals surface area contributed by atoms with Crippen LogP contribution in [0.3, 0.4) is 0 Å². The quantitative estimate of drug-likeness (QED) is 0.821. The third kappa shape index (κ3) is 3.75. The number of amides is 1. The molecule has 4 nitrogen and oxygen atoms in total. The summed E-state index contributed by atoms with van der Waals surface area (Å²) in [5.74, 6) is 0.227. The van der Waals surface area contributed by atoms with Crippen molar-refractivity contribution in [3.8, 4) is 0 Å². The number of hydrogen-bond donors (Lipinski definition) is 1. The van der Waals surface area contributed by atoms with Gasteiger partial charge in [-0.15, -0.1) is 0 Å². The first-order valence-electron chi connectivity index (χ1n) is 8.90. The first kappa shape index (κ1) is 16.5. The van der Waals surface area contributed by atoms with Crippen LogP contribution in [0.5, 0.6) is 0 Å². The molecule has 0 unspecified atom stereocenters. The highest BCUT2D eigenvalue weighted by molar-refractivity contribution is 5.79. The second-order valence-electron chi connectivity index (χ2n) is 6.81. The zero-order chi connectivity index (χ0) is 16.1. The lowest BCUT2D eigenvalue weighted by Crippen LogP contribution is -2.62. The second kappa shape index (κ2) is 7.45. The van der Waals surface area contributed by atoms with E-state index in [4.69, 9.17) is 4.74 Å². The predicted octanol–water partition coefficient (Wildman–Crippen LogP) is 2.73. The summed E-state index contributed by atoms with van der Waals surface area (Å²) in [6.07, 6.45) is 5.05. The van der Waals surface area contributed by atoms with Gasteiger partial charge in [0.25, 0.3) is 0 Å². The third-order valence-corrected chi connectivity index (χ3v) is 5.35. The average Bonchev–Trinajstić information content (AvgIpc) is 2.94. The van der Waals surface area contributed by atoms with Crippen LogP contribution >= 0.6 is 0 Å². The number of nitrogens with zero attached hydrogens (tertiary/aromatic N) is 1. The number of carbonyl (C=O) groups is 1. The van der Waals surface area contributed by atoms with E-state index < -0.39 is 0 Å². The Morgan fingerprint density at radius 3 is 2.83 bits per heavy atom. The number of hydrogen-bond acceptors (Lipinski definition) is 3. The van der Waals surface area contributed by atoms with Crippen molar-refractivity contribution < 1.29 is 9.53 Å². The molecule has 1 aromatic carbocycles. The van der Waals surface area contributed by atoms with E-state index in [1.165, 1.54) is 5.56 Å². The summed E-state index contributed by atoms with van der Waals surface area (Å²) in [4.78, 5) is 14.3. The van der Waals surface area contributed by atoms with E-state index in [1.807, 2.05) is 18.2 Å². The Kier molecular flexibility index (Phi) is 5.34. The fraction of sp³-hybridized carbons (Fsp3) is 0.632. The Bertz CT molecular complexity index is 519. The SMILES string of the molecule is CC[C@H]1N(CCOCc2ccccc2)CCC[C@]12CCC(=O)N2. The molecule has 0 saturated carbocycles. The molecule has 2 heterocycles. The van der Waals surface area contributed by atoms with Crippen molar-refractivity contribution in [3.63, 3.8) is 0 Å². The average molecular weight is 316 g/mol. The Morgan fingerprint density at radius 1 is 1.30 bits per heavy atom. The van der Waals surface area contributed by atoms with Gasteiger partial charge in [0, 0.05) is 19.0 Å². The molecule has 1 aromatic rings. The second-order valence-corrected chi connectivity index (χ2v) is 6.81. The Labute approximate surface area is 139 Å². The topological polar surface area (TPSA) is 41.6 Å². The lowest BCUT2D eigenvalue weighted by Gasteiger charge is -2.48. The van der Waals surface area contributed by atoms with Crippen LogP contribution in [0.1, 0.15) is 44.6 Å². The first-order chi connectivity index (χ1) is 11.2. The molecule has 2 atom stereocenters. The van der Waals surface area contributed by atoms with Gasteiger partial charge < -0.3 is 10.1 Å². The first-order valence-corrected chi connectivity index (χ1v) is 8.90. The van der Waals surface area contributed by atoms with Crippen molar-refractivity contribution in [3.05, 3.63) is 35.9 Å².